The van der Waals surface area contributed by atoms with Crippen LogP contribution in [0, 0.1) is 19.8 Å². The van der Waals surface area contributed by atoms with Crippen LogP contribution in [0.25, 0.3) is 0 Å². The lowest BCUT2D eigenvalue weighted by atomic mass is 9.72. The van der Waals surface area contributed by atoms with Crippen molar-refractivity contribution in [3.63, 3.8) is 0 Å². The molecule has 0 amide bonds. The van der Waals surface area contributed by atoms with Crippen LogP contribution in [-0.4, -0.2) is 28.2 Å². The van der Waals surface area contributed by atoms with Crippen molar-refractivity contribution in [3.8, 4) is 0 Å². The van der Waals surface area contributed by atoms with Gasteiger partial charge in [0.05, 0.1) is 0 Å². The zero-order valence-corrected chi connectivity index (χ0v) is 19.0. The van der Waals surface area contributed by atoms with Crippen LogP contribution < -0.4 is 5.32 Å². The number of likely N-dealkylation sites (tertiary alicyclic amines) is 1. The summed E-state index contributed by atoms with van der Waals surface area (Å²) < 4.78 is 0. The van der Waals surface area contributed by atoms with Crippen molar-refractivity contribution < 1.29 is 5.11 Å². The standard InChI is InChI=1S/C27H30N2OS/c1-20-13-14-25(21(2)19-20)28-26(31)29-17-15-24(16-18-29)27(30,22-9-5-3-6-10-22)23-11-7-4-8-12-23/h3-14,19,24,30H,15-18H2,1-2H3,(H,28,31). The zero-order chi connectivity index (χ0) is 21.8. The second-order valence-corrected chi connectivity index (χ2v) is 8.89. The van der Waals surface area contributed by atoms with Gasteiger partial charge in [-0.25, -0.2) is 0 Å². The van der Waals surface area contributed by atoms with Gasteiger partial charge in [-0.05, 0) is 67.6 Å². The predicted octanol–water partition coefficient (Wildman–Crippen LogP) is 5.65. The Labute approximate surface area is 190 Å². The van der Waals surface area contributed by atoms with E-state index in [0.717, 1.165) is 47.9 Å². The molecule has 1 heterocycles. The molecule has 3 aromatic rings. The molecule has 3 aromatic carbocycles. The molecule has 2 N–H and O–H groups in total. The number of benzene rings is 3. The number of piperidine rings is 1. The number of aryl methyl sites for hydroxylation is 2. The molecule has 31 heavy (non-hydrogen) atoms. The Morgan fingerprint density at radius 2 is 1.45 bits per heavy atom. The Morgan fingerprint density at radius 3 is 1.97 bits per heavy atom. The summed E-state index contributed by atoms with van der Waals surface area (Å²) in [4.78, 5) is 2.22. The van der Waals surface area contributed by atoms with Gasteiger partial charge in [-0.3, -0.25) is 0 Å². The first-order valence-corrected chi connectivity index (χ1v) is 11.4. The van der Waals surface area contributed by atoms with Gasteiger partial charge in [0.1, 0.15) is 5.60 Å². The molecular weight excluding hydrogens is 400 g/mol. The molecule has 0 atom stereocenters. The molecule has 1 aliphatic heterocycles. The number of hydrogen-bond acceptors (Lipinski definition) is 2. The van der Waals surface area contributed by atoms with Gasteiger partial charge in [-0.15, -0.1) is 0 Å². The first-order valence-electron chi connectivity index (χ1n) is 10.9. The molecular formula is C27H30N2OS. The maximum atomic E-state index is 12.0. The fourth-order valence-electron chi connectivity index (χ4n) is 4.67. The van der Waals surface area contributed by atoms with E-state index in [2.05, 4.69) is 42.3 Å². The van der Waals surface area contributed by atoms with Crippen LogP contribution >= 0.6 is 12.2 Å². The van der Waals surface area contributed by atoms with Crippen LogP contribution in [0.1, 0.15) is 35.1 Å². The second kappa shape index (κ2) is 9.21. The zero-order valence-electron chi connectivity index (χ0n) is 18.2. The highest BCUT2D eigenvalue weighted by Crippen LogP contribution is 2.42. The molecule has 4 rings (SSSR count). The first-order chi connectivity index (χ1) is 15.0. The Kier molecular flexibility index (Phi) is 6.40. The number of aliphatic hydroxyl groups is 1. The third-order valence-electron chi connectivity index (χ3n) is 6.42. The third-order valence-corrected chi connectivity index (χ3v) is 6.78. The summed E-state index contributed by atoms with van der Waals surface area (Å²) in [5, 5.41) is 16.2. The lowest BCUT2D eigenvalue weighted by Gasteiger charge is -2.43. The molecule has 0 bridgehead atoms. The van der Waals surface area contributed by atoms with Crippen molar-refractivity contribution in [1.29, 1.82) is 0 Å². The third kappa shape index (κ3) is 4.51. The average Bonchev–Trinajstić information content (AvgIpc) is 2.81. The number of rotatable bonds is 4. The second-order valence-electron chi connectivity index (χ2n) is 8.51. The van der Waals surface area contributed by atoms with Crippen molar-refractivity contribution >= 4 is 23.0 Å². The maximum absolute atomic E-state index is 12.0. The minimum atomic E-state index is -1.00. The SMILES string of the molecule is Cc1ccc(NC(=S)N2CCC(C(O)(c3ccccc3)c3ccccc3)CC2)c(C)c1. The maximum Gasteiger partial charge on any atom is 0.173 e. The topological polar surface area (TPSA) is 35.5 Å². The summed E-state index contributed by atoms with van der Waals surface area (Å²) in [6.07, 6.45) is 1.74. The molecule has 1 fully saturated rings. The monoisotopic (exact) mass is 430 g/mol. The molecule has 1 saturated heterocycles. The van der Waals surface area contributed by atoms with Crippen molar-refractivity contribution in [2.45, 2.75) is 32.3 Å². The minimum Gasteiger partial charge on any atom is -0.380 e. The van der Waals surface area contributed by atoms with Gasteiger partial charge in [0.15, 0.2) is 5.11 Å². The average molecular weight is 431 g/mol. The van der Waals surface area contributed by atoms with Crippen LogP contribution in [0.2, 0.25) is 0 Å². The Hall–Kier alpha value is -2.69. The van der Waals surface area contributed by atoms with E-state index >= 15 is 0 Å². The minimum absolute atomic E-state index is 0.123. The number of hydrogen-bond donors (Lipinski definition) is 2. The van der Waals surface area contributed by atoms with Gasteiger partial charge >= 0.3 is 0 Å². The highest BCUT2D eigenvalue weighted by atomic mass is 32.1. The van der Waals surface area contributed by atoms with E-state index in [1.54, 1.807) is 0 Å². The summed E-state index contributed by atoms with van der Waals surface area (Å²) in [6, 6.07) is 26.5. The van der Waals surface area contributed by atoms with E-state index in [0.29, 0.717) is 0 Å². The molecule has 0 saturated carbocycles. The largest absolute Gasteiger partial charge is 0.380 e. The van der Waals surface area contributed by atoms with Crippen molar-refractivity contribution in [2.75, 3.05) is 18.4 Å². The molecule has 1 aliphatic rings. The van der Waals surface area contributed by atoms with Crippen LogP contribution in [-0.2, 0) is 5.60 Å². The Morgan fingerprint density at radius 1 is 0.903 bits per heavy atom. The summed E-state index contributed by atoms with van der Waals surface area (Å²) >= 11 is 5.72. The molecule has 160 valence electrons. The van der Waals surface area contributed by atoms with Crippen LogP contribution in [0.5, 0.6) is 0 Å². The summed E-state index contributed by atoms with van der Waals surface area (Å²) in [5.41, 5.74) is 4.40. The van der Waals surface area contributed by atoms with Crippen molar-refractivity contribution in [3.05, 3.63) is 101 Å². The molecule has 0 aromatic heterocycles. The summed E-state index contributed by atoms with van der Waals surface area (Å²) in [6.45, 7) is 5.84. The smallest absolute Gasteiger partial charge is 0.173 e. The van der Waals surface area contributed by atoms with E-state index in [-0.39, 0.29) is 5.92 Å². The van der Waals surface area contributed by atoms with E-state index < -0.39 is 5.60 Å². The molecule has 3 nitrogen and oxygen atoms in total. The summed E-state index contributed by atoms with van der Waals surface area (Å²) in [7, 11) is 0. The fourth-order valence-corrected chi connectivity index (χ4v) is 4.96. The molecule has 4 heteroatoms. The molecule has 0 spiro atoms. The Balaban J connectivity index is 1.50. The lowest BCUT2D eigenvalue weighted by Crippen LogP contribution is -2.47. The van der Waals surface area contributed by atoms with Gasteiger partial charge in [-0.1, -0.05) is 78.4 Å². The number of nitrogens with zero attached hydrogens (tertiary/aromatic N) is 1. The quantitative estimate of drug-likeness (QED) is 0.525. The highest BCUT2D eigenvalue weighted by molar-refractivity contribution is 7.80. The van der Waals surface area contributed by atoms with Gasteiger partial charge < -0.3 is 15.3 Å². The van der Waals surface area contributed by atoms with Gasteiger partial charge in [0.25, 0.3) is 0 Å². The fraction of sp³-hybridized carbons (Fsp3) is 0.296. The van der Waals surface area contributed by atoms with E-state index in [1.807, 2.05) is 60.7 Å². The van der Waals surface area contributed by atoms with Gasteiger partial charge in [0.2, 0.25) is 0 Å². The number of thiocarbonyl (C=S) groups is 1. The van der Waals surface area contributed by atoms with Gasteiger partial charge in [-0.2, -0.15) is 0 Å². The molecule has 0 unspecified atom stereocenters. The van der Waals surface area contributed by atoms with Crippen molar-refractivity contribution in [2.24, 2.45) is 5.92 Å². The predicted molar refractivity (Wildman–Crippen MR) is 132 cm³/mol. The molecule has 0 radical (unpaired) electrons. The number of anilines is 1. The first kappa shape index (κ1) is 21.5. The highest BCUT2D eigenvalue weighted by Gasteiger charge is 2.41. The normalized spacial score (nSPS) is 15.0. The van der Waals surface area contributed by atoms with Crippen LogP contribution in [0.4, 0.5) is 5.69 Å². The van der Waals surface area contributed by atoms with Crippen molar-refractivity contribution in [1.82, 2.24) is 4.90 Å². The number of nitrogens with one attached hydrogen (secondary N) is 1. The van der Waals surface area contributed by atoms with E-state index in [9.17, 15) is 5.11 Å². The van der Waals surface area contributed by atoms with Crippen LogP contribution in [0.3, 0.4) is 0 Å². The van der Waals surface area contributed by atoms with E-state index in [1.165, 1.54) is 11.1 Å². The molecule has 0 aliphatic carbocycles. The van der Waals surface area contributed by atoms with Crippen LogP contribution in [0.15, 0.2) is 78.9 Å². The lowest BCUT2D eigenvalue weighted by molar-refractivity contribution is -0.00631. The van der Waals surface area contributed by atoms with Gasteiger partial charge in [0, 0.05) is 18.8 Å². The Bertz CT molecular complexity index is 988. The van der Waals surface area contributed by atoms with E-state index in [4.69, 9.17) is 12.2 Å². The summed E-state index contributed by atoms with van der Waals surface area (Å²) in [5.74, 6) is 0.123.